The number of amides is 2. The second-order valence-corrected chi connectivity index (χ2v) is 5.04. The molecule has 2 unspecified atom stereocenters. The van der Waals surface area contributed by atoms with Crippen LogP contribution in [0.25, 0.3) is 0 Å². The van der Waals surface area contributed by atoms with Gasteiger partial charge in [-0.05, 0) is 18.8 Å². The molecule has 1 rings (SSSR count). The molecule has 18 heavy (non-hydrogen) atoms. The van der Waals surface area contributed by atoms with E-state index in [4.69, 9.17) is 5.73 Å². The van der Waals surface area contributed by atoms with Crippen LogP contribution in [0.15, 0.2) is 0 Å². The highest BCUT2D eigenvalue weighted by molar-refractivity contribution is 5.81. The SMILES string of the molecule is CCC(C)C(N)C(=O)NCCCN1CCCC1=O. The predicted octanol–water partition coefficient (Wildman–Crippen LogP) is 0.489. The molecule has 104 valence electrons. The molecule has 0 aliphatic carbocycles. The van der Waals surface area contributed by atoms with Crippen molar-refractivity contribution in [1.82, 2.24) is 10.2 Å². The first-order valence-corrected chi connectivity index (χ1v) is 6.87. The van der Waals surface area contributed by atoms with Gasteiger partial charge in [0, 0.05) is 26.1 Å². The Labute approximate surface area is 109 Å². The maximum absolute atomic E-state index is 11.7. The maximum atomic E-state index is 11.7. The lowest BCUT2D eigenvalue weighted by Gasteiger charge is -2.19. The van der Waals surface area contributed by atoms with Crippen molar-refractivity contribution in [3.8, 4) is 0 Å². The molecule has 1 aliphatic rings. The van der Waals surface area contributed by atoms with E-state index >= 15 is 0 Å². The number of nitrogens with zero attached hydrogens (tertiary/aromatic N) is 1. The van der Waals surface area contributed by atoms with Crippen molar-refractivity contribution in [2.45, 2.75) is 45.6 Å². The number of hydrogen-bond donors (Lipinski definition) is 2. The van der Waals surface area contributed by atoms with Crippen molar-refractivity contribution in [2.75, 3.05) is 19.6 Å². The van der Waals surface area contributed by atoms with Crippen LogP contribution in [0.1, 0.15) is 39.5 Å². The number of rotatable bonds is 7. The fraction of sp³-hybridized carbons (Fsp3) is 0.846. The summed E-state index contributed by atoms with van der Waals surface area (Å²) in [5.74, 6) is 0.347. The highest BCUT2D eigenvalue weighted by atomic mass is 16.2. The molecular formula is C13H25N3O2. The highest BCUT2D eigenvalue weighted by Crippen LogP contribution is 2.09. The van der Waals surface area contributed by atoms with Gasteiger partial charge in [-0.15, -0.1) is 0 Å². The van der Waals surface area contributed by atoms with E-state index in [0.717, 1.165) is 32.4 Å². The number of likely N-dealkylation sites (tertiary alicyclic amines) is 1. The van der Waals surface area contributed by atoms with Crippen molar-refractivity contribution in [3.05, 3.63) is 0 Å². The lowest BCUT2D eigenvalue weighted by Crippen LogP contribution is -2.45. The number of nitrogens with one attached hydrogen (secondary N) is 1. The van der Waals surface area contributed by atoms with Gasteiger partial charge in [0.15, 0.2) is 0 Å². The molecule has 5 heteroatoms. The number of nitrogens with two attached hydrogens (primary N) is 1. The molecule has 0 radical (unpaired) electrons. The average molecular weight is 255 g/mol. The molecule has 1 saturated heterocycles. The highest BCUT2D eigenvalue weighted by Gasteiger charge is 2.20. The van der Waals surface area contributed by atoms with E-state index in [1.807, 2.05) is 18.7 Å². The Bertz CT molecular complexity index is 294. The first-order chi connectivity index (χ1) is 8.56. The topological polar surface area (TPSA) is 75.4 Å². The van der Waals surface area contributed by atoms with Crippen LogP contribution in [0.4, 0.5) is 0 Å². The molecule has 0 aromatic rings. The zero-order valence-electron chi connectivity index (χ0n) is 11.4. The zero-order valence-corrected chi connectivity index (χ0v) is 11.4. The summed E-state index contributed by atoms with van der Waals surface area (Å²) >= 11 is 0. The zero-order chi connectivity index (χ0) is 13.5. The van der Waals surface area contributed by atoms with Crippen molar-refractivity contribution >= 4 is 11.8 Å². The minimum absolute atomic E-state index is 0.0860. The third kappa shape index (κ3) is 4.29. The Balaban J connectivity index is 2.13. The molecule has 0 aromatic heterocycles. The lowest BCUT2D eigenvalue weighted by atomic mass is 9.99. The van der Waals surface area contributed by atoms with Gasteiger partial charge in [-0.2, -0.15) is 0 Å². The quantitative estimate of drug-likeness (QED) is 0.650. The van der Waals surface area contributed by atoms with Crippen LogP contribution in [0.5, 0.6) is 0 Å². The van der Waals surface area contributed by atoms with E-state index in [9.17, 15) is 9.59 Å². The molecule has 2 atom stereocenters. The van der Waals surface area contributed by atoms with Crippen LogP contribution in [0.3, 0.4) is 0 Å². The van der Waals surface area contributed by atoms with E-state index < -0.39 is 6.04 Å². The van der Waals surface area contributed by atoms with Crippen LogP contribution in [-0.4, -0.2) is 42.4 Å². The fourth-order valence-corrected chi connectivity index (χ4v) is 2.05. The van der Waals surface area contributed by atoms with E-state index in [1.165, 1.54) is 0 Å². The number of carbonyl (C=O) groups excluding carboxylic acids is 2. The molecule has 1 fully saturated rings. The van der Waals surface area contributed by atoms with Crippen molar-refractivity contribution in [2.24, 2.45) is 11.7 Å². The van der Waals surface area contributed by atoms with Gasteiger partial charge in [-0.3, -0.25) is 9.59 Å². The minimum Gasteiger partial charge on any atom is -0.355 e. The van der Waals surface area contributed by atoms with Crippen molar-refractivity contribution < 1.29 is 9.59 Å². The third-order valence-electron chi connectivity index (χ3n) is 3.64. The van der Waals surface area contributed by atoms with Gasteiger partial charge in [0.2, 0.25) is 11.8 Å². The summed E-state index contributed by atoms with van der Waals surface area (Å²) in [7, 11) is 0. The summed E-state index contributed by atoms with van der Waals surface area (Å²) in [6.07, 6.45) is 3.33. The minimum atomic E-state index is -0.427. The maximum Gasteiger partial charge on any atom is 0.237 e. The van der Waals surface area contributed by atoms with Crippen molar-refractivity contribution in [3.63, 3.8) is 0 Å². The average Bonchev–Trinajstić information content (AvgIpc) is 2.78. The summed E-state index contributed by atoms with van der Waals surface area (Å²) in [5, 5.41) is 2.83. The van der Waals surface area contributed by atoms with Gasteiger partial charge in [0.05, 0.1) is 6.04 Å². The van der Waals surface area contributed by atoms with Crippen LogP contribution in [0.2, 0.25) is 0 Å². The van der Waals surface area contributed by atoms with Gasteiger partial charge >= 0.3 is 0 Å². The molecule has 1 aliphatic heterocycles. The monoisotopic (exact) mass is 255 g/mol. The first-order valence-electron chi connectivity index (χ1n) is 6.87. The normalized spacial score (nSPS) is 18.8. The van der Waals surface area contributed by atoms with Gasteiger partial charge in [0.25, 0.3) is 0 Å². The fourth-order valence-electron chi connectivity index (χ4n) is 2.05. The summed E-state index contributed by atoms with van der Waals surface area (Å²) in [6.45, 7) is 6.19. The molecule has 3 N–H and O–H groups in total. The molecule has 1 heterocycles. The Morgan fingerprint density at radius 1 is 1.56 bits per heavy atom. The molecule has 0 aromatic carbocycles. The Hall–Kier alpha value is -1.10. The summed E-state index contributed by atoms with van der Waals surface area (Å²) in [4.78, 5) is 24.9. The second kappa shape index (κ2) is 7.36. The Morgan fingerprint density at radius 2 is 2.28 bits per heavy atom. The molecular weight excluding hydrogens is 230 g/mol. The van der Waals surface area contributed by atoms with E-state index in [0.29, 0.717) is 13.0 Å². The van der Waals surface area contributed by atoms with Crippen LogP contribution < -0.4 is 11.1 Å². The van der Waals surface area contributed by atoms with E-state index in [2.05, 4.69) is 5.32 Å². The van der Waals surface area contributed by atoms with Gasteiger partial charge in [-0.1, -0.05) is 20.3 Å². The Kier molecular flexibility index (Phi) is 6.12. The summed E-state index contributed by atoms with van der Waals surface area (Å²) in [6, 6.07) is -0.427. The summed E-state index contributed by atoms with van der Waals surface area (Å²) < 4.78 is 0. The van der Waals surface area contributed by atoms with Gasteiger partial charge in [0.1, 0.15) is 0 Å². The second-order valence-electron chi connectivity index (χ2n) is 5.04. The number of carbonyl (C=O) groups is 2. The van der Waals surface area contributed by atoms with Crippen molar-refractivity contribution in [1.29, 1.82) is 0 Å². The van der Waals surface area contributed by atoms with Crippen LogP contribution >= 0.6 is 0 Å². The standard InChI is InChI=1S/C13H25N3O2/c1-3-10(2)12(14)13(18)15-7-5-9-16-8-4-6-11(16)17/h10,12H,3-9,14H2,1-2H3,(H,15,18). The third-order valence-corrected chi connectivity index (χ3v) is 3.64. The largest absolute Gasteiger partial charge is 0.355 e. The van der Waals surface area contributed by atoms with E-state index in [-0.39, 0.29) is 17.7 Å². The van der Waals surface area contributed by atoms with Gasteiger partial charge < -0.3 is 16.0 Å². The molecule has 2 amide bonds. The van der Waals surface area contributed by atoms with Crippen LogP contribution in [-0.2, 0) is 9.59 Å². The van der Waals surface area contributed by atoms with Gasteiger partial charge in [-0.25, -0.2) is 0 Å². The molecule has 0 bridgehead atoms. The number of hydrogen-bond acceptors (Lipinski definition) is 3. The smallest absolute Gasteiger partial charge is 0.237 e. The molecule has 0 saturated carbocycles. The van der Waals surface area contributed by atoms with E-state index in [1.54, 1.807) is 0 Å². The molecule has 5 nitrogen and oxygen atoms in total. The lowest BCUT2D eigenvalue weighted by molar-refractivity contribution is -0.127. The first kappa shape index (κ1) is 15.0. The Morgan fingerprint density at radius 3 is 2.83 bits per heavy atom. The predicted molar refractivity (Wildman–Crippen MR) is 70.9 cm³/mol. The summed E-state index contributed by atoms with van der Waals surface area (Å²) in [5.41, 5.74) is 5.82. The van der Waals surface area contributed by atoms with Crippen LogP contribution in [0, 0.1) is 5.92 Å². The molecule has 0 spiro atoms.